The van der Waals surface area contributed by atoms with Crippen molar-refractivity contribution in [3.8, 4) is 0 Å². The molecule has 1 fully saturated rings. The molecule has 0 aromatic heterocycles. The maximum absolute atomic E-state index is 10.7. The van der Waals surface area contributed by atoms with Crippen molar-refractivity contribution in [2.75, 3.05) is 20.2 Å². The first-order valence-corrected chi connectivity index (χ1v) is 5.59. The Morgan fingerprint density at radius 2 is 2.25 bits per heavy atom. The Morgan fingerprint density at radius 1 is 1.56 bits per heavy atom. The molecule has 1 aliphatic heterocycles. The molecule has 5 nitrogen and oxygen atoms in total. The van der Waals surface area contributed by atoms with E-state index < -0.39 is 12.1 Å². The van der Waals surface area contributed by atoms with Crippen LogP contribution < -0.4 is 5.32 Å². The van der Waals surface area contributed by atoms with Gasteiger partial charge in [-0.1, -0.05) is 0 Å². The number of carbonyl (C=O) groups is 1. The van der Waals surface area contributed by atoms with Crippen molar-refractivity contribution in [1.29, 1.82) is 0 Å². The highest BCUT2D eigenvalue weighted by Crippen LogP contribution is 2.19. The molecule has 1 heterocycles. The molecule has 0 aliphatic carbocycles. The first kappa shape index (κ1) is 13.4. The monoisotopic (exact) mass is 231 g/mol. The van der Waals surface area contributed by atoms with E-state index in [0.717, 1.165) is 13.0 Å². The molecular formula is C11H21NO4. The number of carboxylic acids is 1. The van der Waals surface area contributed by atoms with Crippen LogP contribution in [0.4, 0.5) is 0 Å². The van der Waals surface area contributed by atoms with Crippen molar-refractivity contribution in [2.24, 2.45) is 0 Å². The van der Waals surface area contributed by atoms with Crippen LogP contribution in [0.15, 0.2) is 0 Å². The molecule has 0 aromatic carbocycles. The molecule has 0 saturated carbocycles. The number of nitrogens with one attached hydrogen (secondary N) is 1. The summed E-state index contributed by atoms with van der Waals surface area (Å²) in [5, 5.41) is 12.0. The molecule has 0 aromatic rings. The van der Waals surface area contributed by atoms with E-state index in [1.807, 2.05) is 13.8 Å². The maximum Gasteiger partial charge on any atom is 0.332 e. The van der Waals surface area contributed by atoms with Gasteiger partial charge in [-0.15, -0.1) is 0 Å². The molecule has 2 N–H and O–H groups in total. The molecule has 16 heavy (non-hydrogen) atoms. The van der Waals surface area contributed by atoms with Crippen molar-refractivity contribution < 1.29 is 19.4 Å². The molecule has 0 bridgehead atoms. The van der Waals surface area contributed by atoms with Gasteiger partial charge in [-0.25, -0.2) is 4.79 Å². The number of rotatable bonds is 6. The minimum Gasteiger partial charge on any atom is -0.479 e. The van der Waals surface area contributed by atoms with Crippen molar-refractivity contribution >= 4 is 5.97 Å². The molecule has 1 saturated heterocycles. The molecular weight excluding hydrogens is 210 g/mol. The van der Waals surface area contributed by atoms with E-state index in [-0.39, 0.29) is 11.7 Å². The third-order valence-electron chi connectivity index (χ3n) is 2.86. The molecule has 0 amide bonds. The summed E-state index contributed by atoms with van der Waals surface area (Å²) in [6.07, 6.45) is 0.795. The Balaban J connectivity index is 2.18. The van der Waals surface area contributed by atoms with E-state index >= 15 is 0 Å². The number of hydrogen-bond donors (Lipinski definition) is 2. The summed E-state index contributed by atoms with van der Waals surface area (Å²) in [6.45, 7) is 5.39. The largest absolute Gasteiger partial charge is 0.479 e. The number of methoxy groups -OCH3 is 1. The Hall–Kier alpha value is -0.650. The summed E-state index contributed by atoms with van der Waals surface area (Å²) in [6, 6.07) is 0. The van der Waals surface area contributed by atoms with E-state index in [0.29, 0.717) is 13.0 Å². The predicted molar refractivity (Wildman–Crippen MR) is 59.5 cm³/mol. The normalized spacial score (nSPS) is 25.9. The van der Waals surface area contributed by atoms with Crippen LogP contribution >= 0.6 is 0 Å². The fourth-order valence-electron chi connectivity index (χ4n) is 1.64. The molecule has 0 radical (unpaired) electrons. The van der Waals surface area contributed by atoms with Gasteiger partial charge in [-0.2, -0.15) is 0 Å². The highest BCUT2D eigenvalue weighted by atomic mass is 16.5. The zero-order chi connectivity index (χ0) is 12.2. The second-order valence-corrected chi connectivity index (χ2v) is 4.76. The Kier molecular flexibility index (Phi) is 4.70. The summed E-state index contributed by atoms with van der Waals surface area (Å²) in [4.78, 5) is 10.7. The van der Waals surface area contributed by atoms with Crippen LogP contribution in [0.3, 0.4) is 0 Å². The van der Waals surface area contributed by atoms with Crippen LogP contribution in [0, 0.1) is 0 Å². The predicted octanol–water partition coefficient (Wildman–Crippen LogP) is 0.633. The Labute approximate surface area is 96.1 Å². The summed E-state index contributed by atoms with van der Waals surface area (Å²) in [5.41, 5.74) is -0.204. The van der Waals surface area contributed by atoms with Crippen LogP contribution in [0.25, 0.3) is 0 Å². The molecule has 94 valence electrons. The third kappa shape index (κ3) is 4.08. The second kappa shape index (κ2) is 5.61. The molecule has 5 heteroatoms. The topological polar surface area (TPSA) is 67.8 Å². The van der Waals surface area contributed by atoms with E-state index in [1.165, 1.54) is 0 Å². The Bertz CT molecular complexity index is 242. The highest BCUT2D eigenvalue weighted by molar-refractivity contribution is 5.72. The lowest BCUT2D eigenvalue weighted by Crippen LogP contribution is -2.40. The van der Waals surface area contributed by atoms with E-state index in [9.17, 15) is 4.79 Å². The van der Waals surface area contributed by atoms with Crippen molar-refractivity contribution in [2.45, 2.75) is 44.5 Å². The van der Waals surface area contributed by atoms with Crippen LogP contribution in [-0.2, 0) is 14.3 Å². The second-order valence-electron chi connectivity index (χ2n) is 4.76. The number of aliphatic carboxylic acids is 1. The maximum atomic E-state index is 10.7. The molecule has 0 spiro atoms. The van der Waals surface area contributed by atoms with Gasteiger partial charge >= 0.3 is 5.97 Å². The summed E-state index contributed by atoms with van der Waals surface area (Å²) < 4.78 is 10.6. The van der Waals surface area contributed by atoms with E-state index in [1.54, 1.807) is 7.11 Å². The van der Waals surface area contributed by atoms with Gasteiger partial charge in [0.1, 0.15) is 0 Å². The number of carboxylic acid groups (broad SMARTS) is 1. The van der Waals surface area contributed by atoms with Gasteiger partial charge in [0.05, 0.1) is 11.7 Å². The minimum absolute atomic E-state index is 0.00811. The van der Waals surface area contributed by atoms with Gasteiger partial charge in [-0.3, -0.25) is 0 Å². The van der Waals surface area contributed by atoms with Crippen LogP contribution in [-0.4, -0.2) is 49.1 Å². The van der Waals surface area contributed by atoms with Crippen molar-refractivity contribution in [3.05, 3.63) is 0 Å². The fraction of sp³-hybridized carbons (Fsp3) is 0.909. The zero-order valence-corrected chi connectivity index (χ0v) is 10.2. The zero-order valence-electron chi connectivity index (χ0n) is 10.2. The van der Waals surface area contributed by atoms with Gasteiger partial charge in [0.25, 0.3) is 0 Å². The molecule has 2 atom stereocenters. The fourth-order valence-corrected chi connectivity index (χ4v) is 1.64. The lowest BCUT2D eigenvalue weighted by Gasteiger charge is -2.24. The first-order valence-electron chi connectivity index (χ1n) is 5.59. The smallest absolute Gasteiger partial charge is 0.332 e. The average Bonchev–Trinajstić information content (AvgIpc) is 2.66. The lowest BCUT2D eigenvalue weighted by molar-refractivity contribution is -0.149. The van der Waals surface area contributed by atoms with Gasteiger partial charge in [0, 0.05) is 20.2 Å². The summed E-state index contributed by atoms with van der Waals surface area (Å²) in [7, 11) is 1.67. The van der Waals surface area contributed by atoms with Gasteiger partial charge in [-0.05, 0) is 26.7 Å². The van der Waals surface area contributed by atoms with Crippen molar-refractivity contribution in [3.63, 3.8) is 0 Å². The standard InChI is InChI=1S/C11H21NO4/c1-11(2,15-3)7-12-6-8-4-5-9(16-8)10(13)14/h8-9,12H,4-7H2,1-3H3,(H,13,14). The Morgan fingerprint density at radius 3 is 2.75 bits per heavy atom. The third-order valence-corrected chi connectivity index (χ3v) is 2.86. The molecule has 1 rings (SSSR count). The summed E-state index contributed by atoms with van der Waals surface area (Å²) >= 11 is 0. The van der Waals surface area contributed by atoms with Crippen LogP contribution in [0.2, 0.25) is 0 Å². The quantitative estimate of drug-likeness (QED) is 0.702. The number of ether oxygens (including phenoxy) is 2. The summed E-state index contributed by atoms with van der Waals surface area (Å²) in [5.74, 6) is -0.861. The SMILES string of the molecule is COC(C)(C)CNCC1CCC(C(=O)O)O1. The van der Waals surface area contributed by atoms with Crippen molar-refractivity contribution in [1.82, 2.24) is 5.32 Å². The highest BCUT2D eigenvalue weighted by Gasteiger charge is 2.30. The van der Waals surface area contributed by atoms with Crippen LogP contribution in [0.5, 0.6) is 0 Å². The van der Waals surface area contributed by atoms with Gasteiger partial charge in [0.15, 0.2) is 6.10 Å². The minimum atomic E-state index is -0.861. The lowest BCUT2D eigenvalue weighted by atomic mass is 10.1. The van der Waals surface area contributed by atoms with Gasteiger partial charge in [0.2, 0.25) is 0 Å². The van der Waals surface area contributed by atoms with E-state index in [2.05, 4.69) is 5.32 Å². The van der Waals surface area contributed by atoms with E-state index in [4.69, 9.17) is 14.6 Å². The molecule has 1 aliphatic rings. The average molecular weight is 231 g/mol. The van der Waals surface area contributed by atoms with Gasteiger partial charge < -0.3 is 19.9 Å². The molecule has 2 unspecified atom stereocenters. The van der Waals surface area contributed by atoms with Crippen LogP contribution in [0.1, 0.15) is 26.7 Å². The number of hydrogen-bond acceptors (Lipinski definition) is 4. The first-order chi connectivity index (χ1) is 7.44.